The summed E-state index contributed by atoms with van der Waals surface area (Å²) in [6.45, 7) is 8.75. The van der Waals surface area contributed by atoms with Crippen LogP contribution in [-0.4, -0.2) is 61.1 Å². The summed E-state index contributed by atoms with van der Waals surface area (Å²) in [6.07, 6.45) is 6.57. The Bertz CT molecular complexity index is 353. The summed E-state index contributed by atoms with van der Waals surface area (Å²) in [6, 6.07) is 0.607. The van der Waals surface area contributed by atoms with E-state index in [1.165, 1.54) is 50.9 Å². The number of nitrogens with zero attached hydrogens (tertiary/aromatic N) is 2. The van der Waals surface area contributed by atoms with Crippen LogP contribution in [0.5, 0.6) is 0 Å². The van der Waals surface area contributed by atoms with Crippen molar-refractivity contribution in [3.05, 3.63) is 0 Å². The van der Waals surface area contributed by atoms with Crippen molar-refractivity contribution in [3.63, 3.8) is 0 Å². The SMILES string of the molecule is CCNC(=NCC1CCCN(C)C1)NC1CCC(SCC)C1.I. The average Bonchev–Trinajstić information content (AvgIpc) is 2.93. The van der Waals surface area contributed by atoms with Crippen molar-refractivity contribution in [3.8, 4) is 0 Å². The molecule has 2 fully saturated rings. The number of hydrogen-bond donors (Lipinski definition) is 2. The molecule has 0 aromatic rings. The van der Waals surface area contributed by atoms with Crippen molar-refractivity contribution in [2.24, 2.45) is 10.9 Å². The first-order valence-corrected chi connectivity index (χ1v) is 10.1. The molecule has 0 spiro atoms. The monoisotopic (exact) mass is 454 g/mol. The summed E-state index contributed by atoms with van der Waals surface area (Å²) < 4.78 is 0. The molecule has 6 heteroatoms. The third-order valence-corrected chi connectivity index (χ3v) is 5.93. The summed E-state index contributed by atoms with van der Waals surface area (Å²) in [5.41, 5.74) is 0. The number of thioether (sulfide) groups is 1. The van der Waals surface area contributed by atoms with Gasteiger partial charge in [0, 0.05) is 30.9 Å². The predicted molar refractivity (Wildman–Crippen MR) is 114 cm³/mol. The van der Waals surface area contributed by atoms with E-state index in [1.54, 1.807) is 0 Å². The number of piperidine rings is 1. The Morgan fingerprint density at radius 3 is 2.78 bits per heavy atom. The second-order valence-electron chi connectivity index (χ2n) is 6.72. The van der Waals surface area contributed by atoms with Crippen molar-refractivity contribution in [1.29, 1.82) is 0 Å². The fourth-order valence-corrected chi connectivity index (χ4v) is 4.76. The molecule has 3 atom stereocenters. The summed E-state index contributed by atoms with van der Waals surface area (Å²) >= 11 is 2.11. The van der Waals surface area contributed by atoms with Gasteiger partial charge in [-0.1, -0.05) is 6.92 Å². The Labute approximate surface area is 164 Å². The van der Waals surface area contributed by atoms with Gasteiger partial charge in [0.15, 0.2) is 5.96 Å². The molecule has 1 aliphatic heterocycles. The van der Waals surface area contributed by atoms with E-state index in [1.807, 2.05) is 0 Å². The van der Waals surface area contributed by atoms with Crippen LogP contribution in [0.25, 0.3) is 0 Å². The Balaban J connectivity index is 0.00000264. The second kappa shape index (κ2) is 11.8. The molecule has 0 aromatic carbocycles. The molecular formula is C17H35IN4S. The van der Waals surface area contributed by atoms with Crippen molar-refractivity contribution in [2.45, 2.75) is 57.2 Å². The molecule has 23 heavy (non-hydrogen) atoms. The van der Waals surface area contributed by atoms with E-state index in [2.05, 4.69) is 48.2 Å². The number of rotatable bonds is 6. The number of likely N-dealkylation sites (tertiary alicyclic amines) is 1. The molecule has 1 aliphatic carbocycles. The normalized spacial score (nSPS) is 29.2. The van der Waals surface area contributed by atoms with Gasteiger partial charge in [-0.15, -0.1) is 24.0 Å². The highest BCUT2D eigenvalue weighted by Gasteiger charge is 2.25. The number of halogens is 1. The van der Waals surface area contributed by atoms with Crippen molar-refractivity contribution in [1.82, 2.24) is 15.5 Å². The topological polar surface area (TPSA) is 39.7 Å². The molecule has 2 aliphatic rings. The molecule has 1 saturated heterocycles. The van der Waals surface area contributed by atoms with Crippen LogP contribution < -0.4 is 10.6 Å². The smallest absolute Gasteiger partial charge is 0.191 e. The predicted octanol–water partition coefficient (Wildman–Crippen LogP) is 3.18. The summed E-state index contributed by atoms with van der Waals surface area (Å²) in [5.74, 6) is 2.99. The fourth-order valence-electron chi connectivity index (χ4n) is 3.61. The molecule has 136 valence electrons. The third kappa shape index (κ3) is 7.82. The first kappa shape index (κ1) is 21.4. The number of aliphatic imine (C=N–C) groups is 1. The molecule has 2 N–H and O–H groups in total. The highest BCUT2D eigenvalue weighted by Crippen LogP contribution is 2.29. The van der Waals surface area contributed by atoms with Crippen molar-refractivity contribution >= 4 is 41.7 Å². The number of guanidine groups is 1. The lowest BCUT2D eigenvalue weighted by atomic mass is 9.99. The van der Waals surface area contributed by atoms with Gasteiger partial charge in [0.2, 0.25) is 0 Å². The summed E-state index contributed by atoms with van der Waals surface area (Å²) in [7, 11) is 2.23. The molecular weight excluding hydrogens is 419 g/mol. The third-order valence-electron chi connectivity index (χ3n) is 4.70. The standard InChI is InChI=1S/C17H34N4S.HI/c1-4-18-17(19-12-14-7-6-10-21(3)13-14)20-15-8-9-16(11-15)22-5-2;/h14-16H,4-13H2,1-3H3,(H2,18,19,20);1H. The van der Waals surface area contributed by atoms with E-state index in [9.17, 15) is 0 Å². The van der Waals surface area contributed by atoms with Gasteiger partial charge in [-0.2, -0.15) is 11.8 Å². The van der Waals surface area contributed by atoms with Crippen LogP contribution in [0.4, 0.5) is 0 Å². The Kier molecular flexibility index (Phi) is 10.9. The molecule has 3 unspecified atom stereocenters. The van der Waals surface area contributed by atoms with Crippen LogP contribution in [0.3, 0.4) is 0 Å². The van der Waals surface area contributed by atoms with E-state index in [0.717, 1.165) is 30.2 Å². The Morgan fingerprint density at radius 2 is 2.09 bits per heavy atom. The maximum atomic E-state index is 4.87. The largest absolute Gasteiger partial charge is 0.357 e. The van der Waals surface area contributed by atoms with E-state index < -0.39 is 0 Å². The van der Waals surface area contributed by atoms with Crippen LogP contribution in [-0.2, 0) is 0 Å². The summed E-state index contributed by atoms with van der Waals surface area (Å²) in [5, 5.41) is 7.94. The van der Waals surface area contributed by atoms with Crippen LogP contribution in [0.15, 0.2) is 4.99 Å². The van der Waals surface area contributed by atoms with Gasteiger partial charge in [-0.05, 0) is 64.3 Å². The Morgan fingerprint density at radius 1 is 1.26 bits per heavy atom. The minimum Gasteiger partial charge on any atom is -0.357 e. The fraction of sp³-hybridized carbons (Fsp3) is 0.941. The van der Waals surface area contributed by atoms with Gasteiger partial charge in [0.05, 0.1) is 0 Å². The zero-order valence-corrected chi connectivity index (χ0v) is 18.2. The van der Waals surface area contributed by atoms with Crippen molar-refractivity contribution in [2.75, 3.05) is 39.0 Å². The molecule has 1 saturated carbocycles. The zero-order valence-electron chi connectivity index (χ0n) is 15.0. The second-order valence-corrected chi connectivity index (χ2v) is 8.30. The van der Waals surface area contributed by atoms with Crippen LogP contribution >= 0.6 is 35.7 Å². The molecule has 0 amide bonds. The quantitative estimate of drug-likeness (QED) is 0.368. The van der Waals surface area contributed by atoms with Crippen LogP contribution in [0.2, 0.25) is 0 Å². The molecule has 2 rings (SSSR count). The lowest BCUT2D eigenvalue weighted by Crippen LogP contribution is -2.43. The van der Waals surface area contributed by atoms with E-state index >= 15 is 0 Å². The van der Waals surface area contributed by atoms with Gasteiger partial charge in [0.25, 0.3) is 0 Å². The maximum Gasteiger partial charge on any atom is 0.191 e. The van der Waals surface area contributed by atoms with Crippen LogP contribution in [0.1, 0.15) is 46.0 Å². The van der Waals surface area contributed by atoms with Gasteiger partial charge in [-0.3, -0.25) is 4.99 Å². The first-order valence-electron chi connectivity index (χ1n) is 9.06. The average molecular weight is 454 g/mol. The maximum absolute atomic E-state index is 4.87. The molecule has 0 aromatic heterocycles. The number of hydrogen-bond acceptors (Lipinski definition) is 3. The van der Waals surface area contributed by atoms with E-state index in [0.29, 0.717) is 6.04 Å². The minimum absolute atomic E-state index is 0. The summed E-state index contributed by atoms with van der Waals surface area (Å²) in [4.78, 5) is 7.31. The highest BCUT2D eigenvalue weighted by atomic mass is 127. The Hall–Kier alpha value is 0.310. The molecule has 0 bridgehead atoms. The lowest BCUT2D eigenvalue weighted by Gasteiger charge is -2.28. The van der Waals surface area contributed by atoms with Crippen LogP contribution in [0, 0.1) is 5.92 Å². The van der Waals surface area contributed by atoms with Gasteiger partial charge in [0.1, 0.15) is 0 Å². The van der Waals surface area contributed by atoms with E-state index in [-0.39, 0.29) is 24.0 Å². The van der Waals surface area contributed by atoms with Gasteiger partial charge < -0.3 is 15.5 Å². The van der Waals surface area contributed by atoms with Gasteiger partial charge in [-0.25, -0.2) is 0 Å². The van der Waals surface area contributed by atoms with Gasteiger partial charge >= 0.3 is 0 Å². The lowest BCUT2D eigenvalue weighted by molar-refractivity contribution is 0.214. The molecule has 1 heterocycles. The number of nitrogens with one attached hydrogen (secondary N) is 2. The zero-order chi connectivity index (χ0) is 15.8. The molecule has 0 radical (unpaired) electrons. The van der Waals surface area contributed by atoms with Crippen molar-refractivity contribution < 1.29 is 0 Å². The van der Waals surface area contributed by atoms with E-state index in [4.69, 9.17) is 4.99 Å². The minimum atomic E-state index is 0. The first-order chi connectivity index (χ1) is 10.7. The molecule has 4 nitrogen and oxygen atoms in total. The highest BCUT2D eigenvalue weighted by molar-refractivity contribution is 14.0.